The molecule has 0 fully saturated rings. The molecule has 0 saturated heterocycles. The fourth-order valence-corrected chi connectivity index (χ4v) is 2.28. The van der Waals surface area contributed by atoms with Gasteiger partial charge in [-0.25, -0.2) is 4.98 Å². The van der Waals surface area contributed by atoms with E-state index in [9.17, 15) is 4.79 Å². The zero-order valence-corrected chi connectivity index (χ0v) is 11.6. The van der Waals surface area contributed by atoms with Gasteiger partial charge in [-0.05, 0) is 17.0 Å². The number of carbonyl (C=O) groups excluding carboxylic acids is 1. The molecule has 0 N–H and O–H groups in total. The number of ketones is 1. The molecule has 2 heterocycles. The summed E-state index contributed by atoms with van der Waals surface area (Å²) in [5.74, 6) is 0.612. The van der Waals surface area contributed by atoms with Crippen LogP contribution in [0.1, 0.15) is 15.9 Å². The SMILES string of the molecule is COc1ccc(CC(=O)c2cccc3cnccc23)cn1. The number of hydrogen-bond acceptors (Lipinski definition) is 4. The van der Waals surface area contributed by atoms with Gasteiger partial charge in [0.15, 0.2) is 5.78 Å². The summed E-state index contributed by atoms with van der Waals surface area (Å²) in [6, 6.07) is 11.2. The lowest BCUT2D eigenvalue weighted by atomic mass is 9.99. The van der Waals surface area contributed by atoms with E-state index in [2.05, 4.69) is 9.97 Å². The maximum Gasteiger partial charge on any atom is 0.212 e. The first kappa shape index (κ1) is 13.2. The van der Waals surface area contributed by atoms with Gasteiger partial charge in [-0.2, -0.15) is 0 Å². The van der Waals surface area contributed by atoms with Crippen molar-refractivity contribution in [1.29, 1.82) is 0 Å². The maximum absolute atomic E-state index is 12.5. The van der Waals surface area contributed by atoms with Crippen molar-refractivity contribution in [2.75, 3.05) is 7.11 Å². The number of Topliss-reactive ketones (excluding diaryl/α,β-unsaturated/α-hetero) is 1. The third-order valence-electron chi connectivity index (χ3n) is 3.35. The Kier molecular flexibility index (Phi) is 3.60. The monoisotopic (exact) mass is 278 g/mol. The zero-order chi connectivity index (χ0) is 14.7. The van der Waals surface area contributed by atoms with Crippen molar-refractivity contribution in [3.8, 4) is 5.88 Å². The molecule has 0 spiro atoms. The first-order valence-electron chi connectivity index (χ1n) is 6.63. The number of ether oxygens (including phenoxy) is 1. The van der Waals surface area contributed by atoms with Gasteiger partial charge in [0, 0.05) is 42.0 Å². The van der Waals surface area contributed by atoms with Crippen LogP contribution in [0.3, 0.4) is 0 Å². The Morgan fingerprint density at radius 2 is 2.05 bits per heavy atom. The highest BCUT2D eigenvalue weighted by Crippen LogP contribution is 2.19. The number of nitrogens with zero attached hydrogens (tertiary/aromatic N) is 2. The van der Waals surface area contributed by atoms with Crippen LogP contribution >= 0.6 is 0 Å². The second-order valence-electron chi connectivity index (χ2n) is 4.71. The van der Waals surface area contributed by atoms with E-state index in [0.717, 1.165) is 16.3 Å². The molecule has 0 aliphatic carbocycles. The molecule has 0 unspecified atom stereocenters. The molecule has 2 aromatic heterocycles. The van der Waals surface area contributed by atoms with Crippen molar-refractivity contribution >= 4 is 16.6 Å². The Hall–Kier alpha value is -2.75. The van der Waals surface area contributed by atoms with Gasteiger partial charge >= 0.3 is 0 Å². The van der Waals surface area contributed by atoms with E-state index in [1.807, 2.05) is 30.3 Å². The molecule has 1 aromatic carbocycles. The Labute approximate surface area is 122 Å². The van der Waals surface area contributed by atoms with Crippen LogP contribution in [0.5, 0.6) is 5.88 Å². The van der Waals surface area contributed by atoms with Gasteiger partial charge in [0.1, 0.15) is 0 Å². The molecule has 3 aromatic rings. The van der Waals surface area contributed by atoms with Gasteiger partial charge in [0.25, 0.3) is 0 Å². The molecule has 0 atom stereocenters. The van der Waals surface area contributed by atoms with Crippen LogP contribution in [-0.2, 0) is 6.42 Å². The largest absolute Gasteiger partial charge is 0.481 e. The topological polar surface area (TPSA) is 52.1 Å². The van der Waals surface area contributed by atoms with E-state index in [0.29, 0.717) is 17.9 Å². The van der Waals surface area contributed by atoms with Gasteiger partial charge < -0.3 is 4.74 Å². The summed E-state index contributed by atoms with van der Waals surface area (Å²) in [7, 11) is 1.57. The highest BCUT2D eigenvalue weighted by molar-refractivity contribution is 6.08. The number of carbonyl (C=O) groups is 1. The number of pyridine rings is 2. The molecule has 4 heteroatoms. The molecule has 104 valence electrons. The Morgan fingerprint density at radius 3 is 2.81 bits per heavy atom. The molecule has 0 aliphatic heterocycles. The minimum absolute atomic E-state index is 0.0683. The average Bonchev–Trinajstić information content (AvgIpc) is 2.55. The number of fused-ring (bicyclic) bond motifs is 1. The Balaban J connectivity index is 1.90. The number of hydrogen-bond donors (Lipinski definition) is 0. The summed E-state index contributed by atoms with van der Waals surface area (Å²) >= 11 is 0. The molecule has 0 aliphatic rings. The van der Waals surface area contributed by atoms with Crippen LogP contribution in [-0.4, -0.2) is 22.9 Å². The van der Waals surface area contributed by atoms with E-state index in [-0.39, 0.29) is 5.78 Å². The van der Waals surface area contributed by atoms with Crippen molar-refractivity contribution < 1.29 is 9.53 Å². The fraction of sp³-hybridized carbons (Fsp3) is 0.118. The van der Waals surface area contributed by atoms with Crippen LogP contribution in [0, 0.1) is 0 Å². The van der Waals surface area contributed by atoms with Crippen LogP contribution in [0.25, 0.3) is 10.8 Å². The normalized spacial score (nSPS) is 10.5. The predicted molar refractivity (Wildman–Crippen MR) is 80.6 cm³/mol. The summed E-state index contributed by atoms with van der Waals surface area (Å²) in [5, 5.41) is 1.90. The molecule has 0 radical (unpaired) electrons. The minimum Gasteiger partial charge on any atom is -0.481 e. The smallest absolute Gasteiger partial charge is 0.212 e. The van der Waals surface area contributed by atoms with Crippen molar-refractivity contribution in [3.05, 3.63) is 66.1 Å². The van der Waals surface area contributed by atoms with Gasteiger partial charge in [-0.1, -0.05) is 24.3 Å². The highest BCUT2D eigenvalue weighted by Gasteiger charge is 2.11. The highest BCUT2D eigenvalue weighted by atomic mass is 16.5. The second kappa shape index (κ2) is 5.71. The lowest BCUT2D eigenvalue weighted by Crippen LogP contribution is -2.05. The summed E-state index contributed by atoms with van der Waals surface area (Å²) < 4.78 is 5.01. The second-order valence-corrected chi connectivity index (χ2v) is 4.71. The van der Waals surface area contributed by atoms with E-state index < -0.39 is 0 Å². The van der Waals surface area contributed by atoms with E-state index in [4.69, 9.17) is 4.74 Å². The molecule has 3 rings (SSSR count). The van der Waals surface area contributed by atoms with Crippen LogP contribution in [0.2, 0.25) is 0 Å². The molecule has 4 nitrogen and oxygen atoms in total. The first-order valence-corrected chi connectivity index (χ1v) is 6.63. The summed E-state index contributed by atoms with van der Waals surface area (Å²) in [4.78, 5) is 20.7. The number of aromatic nitrogens is 2. The third kappa shape index (κ3) is 2.74. The van der Waals surface area contributed by atoms with Crippen molar-refractivity contribution in [1.82, 2.24) is 9.97 Å². The minimum atomic E-state index is 0.0683. The van der Waals surface area contributed by atoms with E-state index in [1.54, 1.807) is 31.8 Å². The predicted octanol–water partition coefficient (Wildman–Crippen LogP) is 3.06. The van der Waals surface area contributed by atoms with Crippen LogP contribution in [0.4, 0.5) is 0 Å². The number of benzene rings is 1. The number of rotatable bonds is 4. The van der Waals surface area contributed by atoms with E-state index in [1.165, 1.54) is 0 Å². The van der Waals surface area contributed by atoms with Crippen molar-refractivity contribution in [3.63, 3.8) is 0 Å². The Morgan fingerprint density at radius 1 is 1.14 bits per heavy atom. The van der Waals surface area contributed by atoms with Crippen LogP contribution in [0.15, 0.2) is 55.0 Å². The van der Waals surface area contributed by atoms with Gasteiger partial charge in [-0.15, -0.1) is 0 Å². The van der Waals surface area contributed by atoms with Gasteiger partial charge in [0.2, 0.25) is 5.88 Å². The van der Waals surface area contributed by atoms with Gasteiger partial charge in [0.05, 0.1) is 7.11 Å². The zero-order valence-electron chi connectivity index (χ0n) is 11.6. The molecular weight excluding hydrogens is 264 g/mol. The van der Waals surface area contributed by atoms with Crippen molar-refractivity contribution in [2.45, 2.75) is 6.42 Å². The summed E-state index contributed by atoms with van der Waals surface area (Å²) in [5.41, 5.74) is 1.58. The lowest BCUT2D eigenvalue weighted by molar-refractivity contribution is 0.0994. The summed E-state index contributed by atoms with van der Waals surface area (Å²) in [6.07, 6.45) is 5.46. The quantitative estimate of drug-likeness (QED) is 0.688. The number of methoxy groups -OCH3 is 1. The fourth-order valence-electron chi connectivity index (χ4n) is 2.28. The van der Waals surface area contributed by atoms with Crippen molar-refractivity contribution in [2.24, 2.45) is 0 Å². The molecular formula is C17H14N2O2. The standard InChI is InChI=1S/C17H14N2O2/c1-21-17-6-5-12(10-19-17)9-16(20)15-4-2-3-13-11-18-8-7-14(13)15/h2-8,10-11H,9H2,1H3. The molecule has 21 heavy (non-hydrogen) atoms. The van der Waals surface area contributed by atoms with Gasteiger partial charge in [-0.3, -0.25) is 9.78 Å². The third-order valence-corrected chi connectivity index (χ3v) is 3.35. The Bertz CT molecular complexity index is 777. The summed E-state index contributed by atoms with van der Waals surface area (Å²) in [6.45, 7) is 0. The average molecular weight is 278 g/mol. The van der Waals surface area contributed by atoms with E-state index >= 15 is 0 Å². The lowest BCUT2D eigenvalue weighted by Gasteiger charge is -2.06. The van der Waals surface area contributed by atoms with Crippen LogP contribution < -0.4 is 4.74 Å². The maximum atomic E-state index is 12.5. The molecule has 0 amide bonds. The first-order chi connectivity index (χ1) is 10.3. The molecule has 0 saturated carbocycles. The molecule has 0 bridgehead atoms.